The number of carbonyl (C=O) groups excluding carboxylic acids is 1. The monoisotopic (exact) mass is 248 g/mol. The molecule has 1 aliphatic carbocycles. The molecule has 1 aromatic rings. The Hall–Kier alpha value is -1.35. The number of hydrogen-bond donors (Lipinski definition) is 0. The van der Waals surface area contributed by atoms with E-state index in [2.05, 4.69) is 13.8 Å². The summed E-state index contributed by atoms with van der Waals surface area (Å²) in [6.07, 6.45) is 3.20. The topological polar surface area (TPSA) is 35.5 Å². The van der Waals surface area contributed by atoms with E-state index in [-0.39, 0.29) is 6.10 Å². The standard InChI is InChI=1S/C15H20O3/c1-11-8-12(2)10-14(9-11)17-18-15(16)13-6-4-3-5-7-13/h3-7,11-12,14H,8-10H2,1-2H3. The van der Waals surface area contributed by atoms with Gasteiger partial charge < -0.3 is 0 Å². The van der Waals surface area contributed by atoms with Crippen molar-refractivity contribution in [3.05, 3.63) is 35.9 Å². The van der Waals surface area contributed by atoms with E-state index in [0.29, 0.717) is 17.4 Å². The normalized spacial score (nSPS) is 27.8. The summed E-state index contributed by atoms with van der Waals surface area (Å²) in [6, 6.07) is 8.92. The molecule has 3 heteroatoms. The largest absolute Gasteiger partial charge is 0.373 e. The van der Waals surface area contributed by atoms with Crippen LogP contribution in [0, 0.1) is 11.8 Å². The van der Waals surface area contributed by atoms with Crippen LogP contribution in [0.2, 0.25) is 0 Å². The molecule has 1 fully saturated rings. The molecule has 2 rings (SSSR count). The van der Waals surface area contributed by atoms with Gasteiger partial charge in [0.25, 0.3) is 0 Å². The Morgan fingerprint density at radius 2 is 1.67 bits per heavy atom. The highest BCUT2D eigenvalue weighted by Crippen LogP contribution is 2.30. The number of benzene rings is 1. The summed E-state index contributed by atoms with van der Waals surface area (Å²) in [5, 5.41) is 0. The zero-order valence-corrected chi connectivity index (χ0v) is 11.0. The molecule has 0 aliphatic heterocycles. The molecule has 98 valence electrons. The van der Waals surface area contributed by atoms with Crippen LogP contribution < -0.4 is 0 Å². The number of carbonyl (C=O) groups is 1. The molecular weight excluding hydrogens is 228 g/mol. The van der Waals surface area contributed by atoms with Crippen LogP contribution in [-0.4, -0.2) is 12.1 Å². The van der Waals surface area contributed by atoms with Crippen LogP contribution in [0.3, 0.4) is 0 Å². The first kappa shape index (κ1) is 13.1. The maximum atomic E-state index is 11.7. The number of rotatable bonds is 3. The first-order chi connectivity index (χ1) is 8.65. The molecule has 0 bridgehead atoms. The molecule has 0 radical (unpaired) electrons. The smallest absolute Gasteiger partial charge is 0.293 e. The van der Waals surface area contributed by atoms with Crippen LogP contribution in [0.15, 0.2) is 30.3 Å². The second kappa shape index (κ2) is 6.01. The third-order valence-corrected chi connectivity index (χ3v) is 3.40. The van der Waals surface area contributed by atoms with Crippen molar-refractivity contribution < 1.29 is 14.6 Å². The van der Waals surface area contributed by atoms with Crippen LogP contribution in [0.25, 0.3) is 0 Å². The van der Waals surface area contributed by atoms with Gasteiger partial charge in [-0.25, -0.2) is 4.79 Å². The van der Waals surface area contributed by atoms with E-state index in [0.717, 1.165) is 12.8 Å². The summed E-state index contributed by atoms with van der Waals surface area (Å²) in [7, 11) is 0. The summed E-state index contributed by atoms with van der Waals surface area (Å²) >= 11 is 0. The Bertz CT molecular complexity index is 378. The first-order valence-electron chi connectivity index (χ1n) is 6.58. The lowest BCUT2D eigenvalue weighted by Gasteiger charge is -2.29. The summed E-state index contributed by atoms with van der Waals surface area (Å²) < 4.78 is 0. The highest BCUT2D eigenvalue weighted by Gasteiger charge is 2.26. The second-order valence-electron chi connectivity index (χ2n) is 5.37. The first-order valence-corrected chi connectivity index (χ1v) is 6.58. The fourth-order valence-electron chi connectivity index (χ4n) is 2.69. The molecule has 0 aromatic heterocycles. The molecular formula is C15H20O3. The maximum absolute atomic E-state index is 11.7. The van der Waals surface area contributed by atoms with Crippen LogP contribution in [0.1, 0.15) is 43.5 Å². The molecule has 0 amide bonds. The van der Waals surface area contributed by atoms with E-state index in [1.165, 1.54) is 6.42 Å². The number of hydrogen-bond acceptors (Lipinski definition) is 3. The second-order valence-corrected chi connectivity index (χ2v) is 5.37. The molecule has 3 nitrogen and oxygen atoms in total. The third kappa shape index (κ3) is 3.57. The van der Waals surface area contributed by atoms with E-state index in [9.17, 15) is 4.79 Å². The lowest BCUT2D eigenvalue weighted by atomic mass is 9.82. The van der Waals surface area contributed by atoms with Gasteiger partial charge in [-0.1, -0.05) is 32.0 Å². The highest BCUT2D eigenvalue weighted by molar-refractivity contribution is 5.88. The molecule has 2 atom stereocenters. The van der Waals surface area contributed by atoms with E-state index >= 15 is 0 Å². The van der Waals surface area contributed by atoms with Crippen molar-refractivity contribution in [1.29, 1.82) is 0 Å². The zero-order valence-electron chi connectivity index (χ0n) is 11.0. The Labute approximate surface area is 108 Å². The molecule has 0 spiro atoms. The molecule has 0 saturated heterocycles. The Morgan fingerprint density at radius 1 is 1.06 bits per heavy atom. The molecule has 0 heterocycles. The molecule has 0 N–H and O–H groups in total. The minimum atomic E-state index is -0.415. The van der Waals surface area contributed by atoms with Gasteiger partial charge in [-0.15, -0.1) is 0 Å². The van der Waals surface area contributed by atoms with Gasteiger partial charge in [-0.3, -0.25) is 4.89 Å². The molecule has 18 heavy (non-hydrogen) atoms. The van der Waals surface area contributed by atoms with Crippen molar-refractivity contribution in [3.63, 3.8) is 0 Å². The fourth-order valence-corrected chi connectivity index (χ4v) is 2.69. The minimum absolute atomic E-state index is 0.0383. The van der Waals surface area contributed by atoms with E-state index in [4.69, 9.17) is 9.78 Å². The van der Waals surface area contributed by atoms with E-state index in [1.807, 2.05) is 6.07 Å². The third-order valence-electron chi connectivity index (χ3n) is 3.40. The van der Waals surface area contributed by atoms with Gasteiger partial charge in [0, 0.05) is 0 Å². The lowest BCUT2D eigenvalue weighted by Crippen LogP contribution is -2.27. The van der Waals surface area contributed by atoms with Crippen LogP contribution in [-0.2, 0) is 9.78 Å². The molecule has 2 unspecified atom stereocenters. The lowest BCUT2D eigenvalue weighted by molar-refractivity contribution is -0.284. The Balaban J connectivity index is 1.83. The maximum Gasteiger partial charge on any atom is 0.373 e. The van der Waals surface area contributed by atoms with E-state index < -0.39 is 5.97 Å². The average molecular weight is 248 g/mol. The van der Waals surface area contributed by atoms with Crippen molar-refractivity contribution in [2.45, 2.75) is 39.2 Å². The quantitative estimate of drug-likeness (QED) is 0.605. The highest BCUT2D eigenvalue weighted by atomic mass is 17.2. The fraction of sp³-hybridized carbons (Fsp3) is 0.533. The van der Waals surface area contributed by atoms with Crippen LogP contribution >= 0.6 is 0 Å². The van der Waals surface area contributed by atoms with Crippen molar-refractivity contribution in [1.82, 2.24) is 0 Å². The van der Waals surface area contributed by atoms with Crippen molar-refractivity contribution in [2.24, 2.45) is 11.8 Å². The minimum Gasteiger partial charge on any atom is -0.293 e. The van der Waals surface area contributed by atoms with Crippen molar-refractivity contribution in [2.75, 3.05) is 0 Å². The van der Waals surface area contributed by atoms with Gasteiger partial charge in [-0.05, 0) is 43.2 Å². The van der Waals surface area contributed by atoms with E-state index in [1.54, 1.807) is 24.3 Å². The summed E-state index contributed by atoms with van der Waals surface area (Å²) in [5.74, 6) is 0.852. The molecule has 1 aromatic carbocycles. The van der Waals surface area contributed by atoms with Gasteiger partial charge in [0.2, 0.25) is 0 Å². The SMILES string of the molecule is CC1CC(C)CC(OOC(=O)c2ccccc2)C1. The van der Waals surface area contributed by atoms with Gasteiger partial charge in [-0.2, -0.15) is 4.89 Å². The summed E-state index contributed by atoms with van der Waals surface area (Å²) in [6.45, 7) is 4.43. The van der Waals surface area contributed by atoms with Crippen LogP contribution in [0.4, 0.5) is 0 Å². The van der Waals surface area contributed by atoms with Gasteiger partial charge in [0.1, 0.15) is 6.10 Å². The summed E-state index contributed by atoms with van der Waals surface area (Å²) in [4.78, 5) is 21.9. The average Bonchev–Trinajstić information content (AvgIpc) is 2.36. The Morgan fingerprint density at radius 3 is 2.28 bits per heavy atom. The predicted molar refractivity (Wildman–Crippen MR) is 68.9 cm³/mol. The predicted octanol–water partition coefficient (Wildman–Crippen LogP) is 3.60. The Kier molecular flexibility index (Phi) is 4.37. The van der Waals surface area contributed by atoms with Gasteiger partial charge in [0.15, 0.2) is 0 Å². The van der Waals surface area contributed by atoms with Crippen molar-refractivity contribution >= 4 is 5.97 Å². The summed E-state index contributed by atoms with van der Waals surface area (Å²) in [5.41, 5.74) is 0.523. The van der Waals surface area contributed by atoms with Gasteiger partial charge >= 0.3 is 5.97 Å². The van der Waals surface area contributed by atoms with Crippen LogP contribution in [0.5, 0.6) is 0 Å². The molecule has 1 saturated carbocycles. The van der Waals surface area contributed by atoms with Gasteiger partial charge in [0.05, 0.1) is 5.56 Å². The molecule has 1 aliphatic rings. The zero-order chi connectivity index (χ0) is 13.0. The van der Waals surface area contributed by atoms with Crippen molar-refractivity contribution in [3.8, 4) is 0 Å².